The first-order valence-electron chi connectivity index (χ1n) is 8.66. The zero-order valence-corrected chi connectivity index (χ0v) is 14.8. The fraction of sp³-hybridized carbons (Fsp3) is 0.765. The summed E-state index contributed by atoms with van der Waals surface area (Å²) in [5, 5.41) is 16.3. The quantitative estimate of drug-likeness (QED) is 0.868. The van der Waals surface area contributed by atoms with Crippen molar-refractivity contribution in [2.24, 2.45) is 11.8 Å². The molecular weight excluding hydrogens is 310 g/mol. The lowest BCUT2D eigenvalue weighted by Gasteiger charge is -2.32. The number of aliphatic hydroxyl groups excluding tert-OH is 1. The standard InChI is InChI=1S/C17H27N3O2S/c1-11-10-23-16(18-11)15(12-7-8-12)19-17(22)20(2)9-13-5-3-4-6-14(13)21/h10,12-15,21H,3-9H2,1-2H3,(H,19,22). The van der Waals surface area contributed by atoms with E-state index in [1.165, 1.54) is 0 Å². The maximum atomic E-state index is 12.6. The Morgan fingerprint density at radius 3 is 2.78 bits per heavy atom. The van der Waals surface area contributed by atoms with E-state index in [1.807, 2.05) is 19.4 Å². The van der Waals surface area contributed by atoms with Gasteiger partial charge in [0.15, 0.2) is 0 Å². The Hall–Kier alpha value is -1.14. The summed E-state index contributed by atoms with van der Waals surface area (Å²) in [6, 6.07) is -0.00699. The molecule has 3 unspecified atom stereocenters. The molecule has 23 heavy (non-hydrogen) atoms. The number of hydrogen-bond donors (Lipinski definition) is 2. The average molecular weight is 337 g/mol. The fourth-order valence-corrected chi connectivity index (χ4v) is 4.34. The Labute approximate surface area is 142 Å². The summed E-state index contributed by atoms with van der Waals surface area (Å²) >= 11 is 1.63. The number of hydrogen-bond acceptors (Lipinski definition) is 4. The molecule has 0 radical (unpaired) electrons. The van der Waals surface area contributed by atoms with E-state index >= 15 is 0 Å². The Morgan fingerprint density at radius 1 is 1.43 bits per heavy atom. The Morgan fingerprint density at radius 2 is 2.17 bits per heavy atom. The van der Waals surface area contributed by atoms with Gasteiger partial charge in [-0.15, -0.1) is 11.3 Å². The molecule has 2 aliphatic rings. The number of amides is 2. The van der Waals surface area contributed by atoms with Gasteiger partial charge in [0.1, 0.15) is 5.01 Å². The molecule has 2 saturated carbocycles. The zero-order valence-electron chi connectivity index (χ0n) is 14.0. The predicted molar refractivity (Wildman–Crippen MR) is 91.4 cm³/mol. The minimum absolute atomic E-state index is 0.0416. The van der Waals surface area contributed by atoms with Gasteiger partial charge in [0, 0.05) is 30.6 Å². The second-order valence-electron chi connectivity index (χ2n) is 7.08. The summed E-state index contributed by atoms with van der Waals surface area (Å²) in [5.74, 6) is 0.735. The van der Waals surface area contributed by atoms with E-state index in [1.54, 1.807) is 16.2 Å². The summed E-state index contributed by atoms with van der Waals surface area (Å²) < 4.78 is 0. The monoisotopic (exact) mass is 337 g/mol. The third-order valence-electron chi connectivity index (χ3n) is 5.00. The van der Waals surface area contributed by atoms with Crippen molar-refractivity contribution in [1.82, 2.24) is 15.2 Å². The largest absolute Gasteiger partial charge is 0.393 e. The molecule has 1 aromatic rings. The van der Waals surface area contributed by atoms with Crippen LogP contribution in [0.25, 0.3) is 0 Å². The second-order valence-corrected chi connectivity index (χ2v) is 7.97. The molecule has 128 valence electrons. The highest BCUT2D eigenvalue weighted by molar-refractivity contribution is 7.09. The number of aliphatic hydroxyl groups is 1. The molecule has 2 N–H and O–H groups in total. The predicted octanol–water partition coefficient (Wildman–Crippen LogP) is 3.10. The van der Waals surface area contributed by atoms with Crippen LogP contribution in [-0.4, -0.2) is 40.7 Å². The van der Waals surface area contributed by atoms with Crippen LogP contribution in [0.15, 0.2) is 5.38 Å². The molecule has 1 aromatic heterocycles. The lowest BCUT2D eigenvalue weighted by molar-refractivity contribution is 0.0562. The van der Waals surface area contributed by atoms with Crippen molar-refractivity contribution < 1.29 is 9.90 Å². The number of carbonyl (C=O) groups is 1. The molecule has 0 aliphatic heterocycles. The smallest absolute Gasteiger partial charge is 0.317 e. The van der Waals surface area contributed by atoms with Crippen LogP contribution >= 0.6 is 11.3 Å². The highest BCUT2D eigenvalue weighted by atomic mass is 32.1. The molecule has 3 atom stereocenters. The van der Waals surface area contributed by atoms with E-state index in [0.29, 0.717) is 12.5 Å². The first-order valence-corrected chi connectivity index (χ1v) is 9.54. The molecule has 0 saturated heterocycles. The van der Waals surface area contributed by atoms with Crippen LogP contribution in [0.4, 0.5) is 4.79 Å². The number of aromatic nitrogens is 1. The Bertz CT molecular complexity index is 544. The number of rotatable bonds is 5. The van der Waals surface area contributed by atoms with E-state index in [2.05, 4.69) is 10.3 Å². The van der Waals surface area contributed by atoms with Gasteiger partial charge in [-0.05, 0) is 38.5 Å². The van der Waals surface area contributed by atoms with E-state index in [4.69, 9.17) is 0 Å². The van der Waals surface area contributed by atoms with Gasteiger partial charge in [-0.25, -0.2) is 9.78 Å². The summed E-state index contributed by atoms with van der Waals surface area (Å²) in [7, 11) is 1.83. The number of nitrogens with one attached hydrogen (secondary N) is 1. The van der Waals surface area contributed by atoms with Crippen LogP contribution in [0.2, 0.25) is 0 Å². The van der Waals surface area contributed by atoms with Gasteiger partial charge in [-0.1, -0.05) is 12.8 Å². The van der Waals surface area contributed by atoms with Gasteiger partial charge in [-0.3, -0.25) is 0 Å². The molecule has 2 fully saturated rings. The van der Waals surface area contributed by atoms with E-state index in [-0.39, 0.29) is 24.1 Å². The highest BCUT2D eigenvalue weighted by Gasteiger charge is 2.36. The van der Waals surface area contributed by atoms with Crippen molar-refractivity contribution in [2.45, 2.75) is 57.6 Å². The number of nitrogens with zero attached hydrogens (tertiary/aromatic N) is 2. The minimum Gasteiger partial charge on any atom is -0.393 e. The molecule has 1 heterocycles. The molecule has 0 aromatic carbocycles. The molecule has 2 aliphatic carbocycles. The van der Waals surface area contributed by atoms with Crippen LogP contribution in [0, 0.1) is 18.8 Å². The molecule has 2 amide bonds. The molecule has 0 spiro atoms. The molecule has 5 nitrogen and oxygen atoms in total. The van der Waals surface area contributed by atoms with Crippen LogP contribution < -0.4 is 5.32 Å². The lowest BCUT2D eigenvalue weighted by atomic mass is 9.86. The third kappa shape index (κ3) is 4.23. The van der Waals surface area contributed by atoms with Gasteiger partial charge < -0.3 is 15.3 Å². The average Bonchev–Trinajstić information content (AvgIpc) is 3.28. The van der Waals surface area contributed by atoms with E-state index in [0.717, 1.165) is 49.2 Å². The van der Waals surface area contributed by atoms with Gasteiger partial charge in [-0.2, -0.15) is 0 Å². The van der Waals surface area contributed by atoms with Gasteiger partial charge in [0.25, 0.3) is 0 Å². The normalized spacial score (nSPS) is 25.9. The first kappa shape index (κ1) is 16.7. The summed E-state index contributed by atoms with van der Waals surface area (Å²) in [5.41, 5.74) is 1.02. The van der Waals surface area contributed by atoms with Crippen LogP contribution in [0.3, 0.4) is 0 Å². The van der Waals surface area contributed by atoms with Crippen LogP contribution in [0.5, 0.6) is 0 Å². The Balaban J connectivity index is 1.58. The van der Waals surface area contributed by atoms with Crippen LogP contribution in [0.1, 0.15) is 55.3 Å². The van der Waals surface area contributed by atoms with Crippen molar-refractivity contribution in [1.29, 1.82) is 0 Å². The molecular formula is C17H27N3O2S. The SMILES string of the molecule is Cc1csc(C(NC(=O)N(C)CC2CCCCC2O)C2CC2)n1. The van der Waals surface area contributed by atoms with Crippen molar-refractivity contribution in [2.75, 3.05) is 13.6 Å². The maximum Gasteiger partial charge on any atom is 0.317 e. The summed E-state index contributed by atoms with van der Waals surface area (Å²) in [6.45, 7) is 2.61. The molecule has 3 rings (SSSR count). The van der Waals surface area contributed by atoms with E-state index in [9.17, 15) is 9.90 Å². The highest BCUT2D eigenvalue weighted by Crippen LogP contribution is 2.42. The minimum atomic E-state index is -0.264. The lowest BCUT2D eigenvalue weighted by Crippen LogP contribution is -2.44. The number of thiazole rings is 1. The van der Waals surface area contributed by atoms with Gasteiger partial charge >= 0.3 is 6.03 Å². The summed E-state index contributed by atoms with van der Waals surface area (Å²) in [6.07, 6.45) is 6.18. The Kier molecular flexibility index (Phi) is 5.21. The fourth-order valence-electron chi connectivity index (χ4n) is 3.40. The number of urea groups is 1. The third-order valence-corrected chi connectivity index (χ3v) is 6.04. The van der Waals surface area contributed by atoms with Crippen molar-refractivity contribution >= 4 is 17.4 Å². The zero-order chi connectivity index (χ0) is 16.4. The maximum absolute atomic E-state index is 12.6. The van der Waals surface area contributed by atoms with Gasteiger partial charge in [0.2, 0.25) is 0 Å². The number of carbonyl (C=O) groups excluding carboxylic acids is 1. The van der Waals surface area contributed by atoms with Crippen molar-refractivity contribution in [3.8, 4) is 0 Å². The van der Waals surface area contributed by atoms with Crippen molar-refractivity contribution in [3.63, 3.8) is 0 Å². The summed E-state index contributed by atoms with van der Waals surface area (Å²) in [4.78, 5) is 18.8. The van der Waals surface area contributed by atoms with E-state index < -0.39 is 0 Å². The second kappa shape index (κ2) is 7.18. The topological polar surface area (TPSA) is 65.5 Å². The molecule has 6 heteroatoms. The number of aryl methyl sites for hydroxylation is 1. The van der Waals surface area contributed by atoms with Gasteiger partial charge in [0.05, 0.1) is 12.1 Å². The van der Waals surface area contributed by atoms with Crippen molar-refractivity contribution in [3.05, 3.63) is 16.1 Å². The van der Waals surface area contributed by atoms with Crippen LogP contribution in [-0.2, 0) is 0 Å². The first-order chi connectivity index (χ1) is 11.0. The molecule has 0 bridgehead atoms.